The van der Waals surface area contributed by atoms with E-state index < -0.39 is 29.6 Å². The van der Waals surface area contributed by atoms with Crippen molar-refractivity contribution in [3.8, 4) is 0 Å². The molecule has 2 heterocycles. The number of rotatable bonds is 7. The molecular weight excluding hydrogens is 431 g/mol. The van der Waals surface area contributed by atoms with E-state index in [2.05, 4.69) is 15.6 Å². The number of furan rings is 1. The highest BCUT2D eigenvalue weighted by atomic mass is 32.1. The number of halogens is 3. The Morgan fingerprint density at radius 1 is 1.19 bits per heavy atom. The van der Waals surface area contributed by atoms with Gasteiger partial charge in [0.2, 0.25) is 5.91 Å². The molecule has 31 heavy (non-hydrogen) atoms. The number of aromatic nitrogens is 1. The Morgan fingerprint density at radius 2 is 1.97 bits per heavy atom. The van der Waals surface area contributed by atoms with Crippen LogP contribution in [-0.4, -0.2) is 22.8 Å². The molecule has 1 atom stereocenters. The number of hydrogen-bond acceptors (Lipinski definition) is 5. The SMILES string of the molecule is CC(C)C(NC(=O)c1ccco1)C(=O)Nc1ncc(Cc2cccc(C(F)(F)F)c2)s1. The van der Waals surface area contributed by atoms with Gasteiger partial charge in [-0.1, -0.05) is 32.0 Å². The Kier molecular flexibility index (Phi) is 6.79. The van der Waals surface area contributed by atoms with E-state index in [9.17, 15) is 22.8 Å². The van der Waals surface area contributed by atoms with Crippen LogP contribution in [0.5, 0.6) is 0 Å². The Hall–Kier alpha value is -3.14. The molecule has 2 aromatic heterocycles. The first kappa shape index (κ1) is 22.5. The summed E-state index contributed by atoms with van der Waals surface area (Å²) in [7, 11) is 0. The van der Waals surface area contributed by atoms with E-state index in [0.717, 1.165) is 23.5 Å². The van der Waals surface area contributed by atoms with E-state index >= 15 is 0 Å². The molecule has 10 heteroatoms. The number of benzene rings is 1. The highest BCUT2D eigenvalue weighted by Crippen LogP contribution is 2.30. The van der Waals surface area contributed by atoms with Gasteiger partial charge < -0.3 is 15.1 Å². The minimum absolute atomic E-state index is 0.0936. The van der Waals surface area contributed by atoms with Crippen LogP contribution in [-0.2, 0) is 17.4 Å². The molecule has 0 aliphatic carbocycles. The zero-order valence-electron chi connectivity index (χ0n) is 16.7. The summed E-state index contributed by atoms with van der Waals surface area (Å²) in [6.45, 7) is 3.57. The molecular formula is C21H20F3N3O3S. The number of carbonyl (C=O) groups excluding carboxylic acids is 2. The number of nitrogens with zero attached hydrogens (tertiary/aromatic N) is 1. The lowest BCUT2D eigenvalue weighted by atomic mass is 10.0. The summed E-state index contributed by atoms with van der Waals surface area (Å²) in [5.74, 6) is -1.07. The van der Waals surface area contributed by atoms with Gasteiger partial charge in [0.15, 0.2) is 10.9 Å². The van der Waals surface area contributed by atoms with E-state index in [1.54, 1.807) is 26.0 Å². The number of thiazole rings is 1. The Labute approximate surface area is 180 Å². The van der Waals surface area contributed by atoms with E-state index in [0.29, 0.717) is 15.6 Å². The van der Waals surface area contributed by atoms with Crippen molar-refractivity contribution in [3.63, 3.8) is 0 Å². The molecule has 6 nitrogen and oxygen atoms in total. The lowest BCUT2D eigenvalue weighted by molar-refractivity contribution is -0.137. The van der Waals surface area contributed by atoms with E-state index in [1.807, 2.05) is 0 Å². The molecule has 0 aliphatic rings. The highest BCUT2D eigenvalue weighted by molar-refractivity contribution is 7.15. The fraction of sp³-hybridized carbons (Fsp3) is 0.286. The van der Waals surface area contributed by atoms with Crippen molar-refractivity contribution in [2.45, 2.75) is 32.5 Å². The predicted molar refractivity (Wildman–Crippen MR) is 110 cm³/mol. The normalized spacial score (nSPS) is 12.6. The monoisotopic (exact) mass is 451 g/mol. The Balaban J connectivity index is 1.65. The molecule has 3 aromatic rings. The molecule has 0 aliphatic heterocycles. The molecule has 1 unspecified atom stereocenters. The van der Waals surface area contributed by atoms with Crippen LogP contribution < -0.4 is 10.6 Å². The molecule has 2 amide bonds. The largest absolute Gasteiger partial charge is 0.459 e. The second-order valence-electron chi connectivity index (χ2n) is 7.17. The topological polar surface area (TPSA) is 84.2 Å². The third-order valence-corrected chi connectivity index (χ3v) is 5.31. The number of hydrogen-bond donors (Lipinski definition) is 2. The fourth-order valence-electron chi connectivity index (χ4n) is 2.84. The molecule has 0 radical (unpaired) electrons. The van der Waals surface area contributed by atoms with Crippen molar-refractivity contribution < 1.29 is 27.2 Å². The number of amides is 2. The van der Waals surface area contributed by atoms with Crippen LogP contribution in [0.3, 0.4) is 0 Å². The first-order valence-corrected chi connectivity index (χ1v) is 10.2. The van der Waals surface area contributed by atoms with Gasteiger partial charge in [0.25, 0.3) is 5.91 Å². The zero-order chi connectivity index (χ0) is 22.6. The van der Waals surface area contributed by atoms with Crippen LogP contribution in [0.15, 0.2) is 53.3 Å². The van der Waals surface area contributed by atoms with Crippen LogP contribution in [0.1, 0.15) is 40.4 Å². The molecule has 2 N–H and O–H groups in total. The van der Waals surface area contributed by atoms with Gasteiger partial charge in [0.1, 0.15) is 6.04 Å². The summed E-state index contributed by atoms with van der Waals surface area (Å²) in [5.41, 5.74) is -0.225. The third-order valence-electron chi connectivity index (χ3n) is 4.40. The average molecular weight is 451 g/mol. The van der Waals surface area contributed by atoms with E-state index in [4.69, 9.17) is 4.42 Å². The third kappa shape index (κ3) is 5.94. The summed E-state index contributed by atoms with van der Waals surface area (Å²) < 4.78 is 43.7. The number of alkyl halides is 3. The molecule has 0 saturated carbocycles. The summed E-state index contributed by atoms with van der Waals surface area (Å²) in [4.78, 5) is 29.7. The molecule has 164 valence electrons. The highest BCUT2D eigenvalue weighted by Gasteiger charge is 2.30. The van der Waals surface area contributed by atoms with Gasteiger partial charge in [-0.15, -0.1) is 11.3 Å². The van der Waals surface area contributed by atoms with Crippen molar-refractivity contribution in [2.24, 2.45) is 5.92 Å². The summed E-state index contributed by atoms with van der Waals surface area (Å²) in [6.07, 6.45) is -1.29. The number of anilines is 1. The summed E-state index contributed by atoms with van der Waals surface area (Å²) in [6, 6.07) is 7.31. The van der Waals surface area contributed by atoms with Crippen molar-refractivity contribution in [1.82, 2.24) is 10.3 Å². The van der Waals surface area contributed by atoms with Gasteiger partial charge >= 0.3 is 6.18 Å². The van der Waals surface area contributed by atoms with Crippen molar-refractivity contribution in [2.75, 3.05) is 5.32 Å². The van der Waals surface area contributed by atoms with Crippen LogP contribution in [0.2, 0.25) is 0 Å². The molecule has 3 rings (SSSR count). The number of nitrogens with one attached hydrogen (secondary N) is 2. The molecule has 0 fully saturated rings. The van der Waals surface area contributed by atoms with Gasteiger partial charge in [-0.05, 0) is 29.7 Å². The Bertz CT molecular complexity index is 1050. The van der Waals surface area contributed by atoms with Crippen LogP contribution in [0.25, 0.3) is 0 Å². The smallest absolute Gasteiger partial charge is 0.416 e. The maximum Gasteiger partial charge on any atom is 0.416 e. The molecule has 1 aromatic carbocycles. The maximum atomic E-state index is 12.9. The molecule has 0 saturated heterocycles. The van der Waals surface area contributed by atoms with Crippen LogP contribution >= 0.6 is 11.3 Å². The lowest BCUT2D eigenvalue weighted by Crippen LogP contribution is -2.47. The second-order valence-corrected chi connectivity index (χ2v) is 8.28. The fourth-order valence-corrected chi connectivity index (χ4v) is 3.69. The first-order valence-electron chi connectivity index (χ1n) is 9.39. The first-order chi connectivity index (χ1) is 14.6. The summed E-state index contributed by atoms with van der Waals surface area (Å²) in [5, 5.41) is 5.59. The minimum atomic E-state index is -4.41. The minimum Gasteiger partial charge on any atom is -0.459 e. The predicted octanol–water partition coefficient (Wildman–Crippen LogP) is 4.74. The van der Waals surface area contributed by atoms with Crippen molar-refractivity contribution >= 4 is 28.3 Å². The van der Waals surface area contributed by atoms with E-state index in [1.165, 1.54) is 24.6 Å². The summed E-state index contributed by atoms with van der Waals surface area (Å²) >= 11 is 1.16. The van der Waals surface area contributed by atoms with Gasteiger partial charge in [0.05, 0.1) is 11.8 Å². The zero-order valence-corrected chi connectivity index (χ0v) is 17.5. The van der Waals surface area contributed by atoms with Crippen molar-refractivity contribution in [3.05, 3.63) is 70.6 Å². The van der Waals surface area contributed by atoms with Gasteiger partial charge in [-0.3, -0.25) is 9.59 Å². The average Bonchev–Trinajstić information content (AvgIpc) is 3.37. The van der Waals surface area contributed by atoms with Gasteiger partial charge in [-0.25, -0.2) is 4.98 Å². The van der Waals surface area contributed by atoms with Gasteiger partial charge in [-0.2, -0.15) is 13.2 Å². The lowest BCUT2D eigenvalue weighted by Gasteiger charge is -2.20. The van der Waals surface area contributed by atoms with Crippen molar-refractivity contribution in [1.29, 1.82) is 0 Å². The second kappa shape index (κ2) is 9.34. The molecule has 0 spiro atoms. The van der Waals surface area contributed by atoms with Crippen LogP contribution in [0, 0.1) is 5.92 Å². The maximum absolute atomic E-state index is 12.9. The van der Waals surface area contributed by atoms with Gasteiger partial charge in [0, 0.05) is 17.5 Å². The molecule has 0 bridgehead atoms. The van der Waals surface area contributed by atoms with E-state index in [-0.39, 0.29) is 18.1 Å². The Morgan fingerprint density at radius 3 is 2.61 bits per heavy atom. The quantitative estimate of drug-likeness (QED) is 0.544. The standard InChI is InChI=1S/C21H20F3N3O3S/c1-12(2)17(26-18(28)16-7-4-8-30-16)19(29)27-20-25-11-15(31-20)10-13-5-3-6-14(9-13)21(22,23)24/h3-9,11-12,17H,10H2,1-2H3,(H,26,28)(H,25,27,29). The number of carbonyl (C=O) groups is 2. The van der Waals surface area contributed by atoms with Crippen LogP contribution in [0.4, 0.5) is 18.3 Å².